The van der Waals surface area contributed by atoms with Gasteiger partial charge in [0.05, 0.1) is 35.3 Å². The van der Waals surface area contributed by atoms with Gasteiger partial charge in [-0.25, -0.2) is 18.2 Å². The first kappa shape index (κ1) is 29.2. The van der Waals surface area contributed by atoms with Crippen molar-refractivity contribution >= 4 is 44.9 Å². The molecule has 0 aliphatic carbocycles. The van der Waals surface area contributed by atoms with Crippen molar-refractivity contribution in [3.8, 4) is 39.5 Å². The number of hydrogen-bond acceptors (Lipinski definition) is 5. The minimum absolute atomic E-state index is 0.214. The molecule has 0 atom stereocenters. The molecule has 11 heteroatoms. The number of benzene rings is 4. The highest BCUT2D eigenvalue weighted by Gasteiger charge is 2.16. The van der Waals surface area contributed by atoms with Gasteiger partial charge < -0.3 is 14.4 Å². The molecule has 0 fully saturated rings. The summed E-state index contributed by atoms with van der Waals surface area (Å²) in [4.78, 5) is 16.2. The van der Waals surface area contributed by atoms with Gasteiger partial charge in [0.15, 0.2) is 0 Å². The minimum atomic E-state index is -3.46. The fourth-order valence-corrected chi connectivity index (χ4v) is 5.58. The Labute approximate surface area is 253 Å². The van der Waals surface area contributed by atoms with Crippen LogP contribution in [0.5, 0.6) is 5.75 Å². The zero-order valence-corrected chi connectivity index (χ0v) is 24.8. The van der Waals surface area contributed by atoms with E-state index in [1.165, 1.54) is 7.11 Å². The van der Waals surface area contributed by atoms with Gasteiger partial charge in [0.1, 0.15) is 11.6 Å². The van der Waals surface area contributed by atoms with Crippen LogP contribution in [0.2, 0.25) is 10.0 Å². The predicted molar refractivity (Wildman–Crippen MR) is 166 cm³/mol. The standard InChI is InChI=1S/C31H25Cl2N3O5S/c1-41-29-15-23(11-14-27(29)35-42(2,39)40)20-7-9-21(10-8-20)30-34-28(25-13-12-24(32)16-26(25)33)18-36(30)17-19-3-5-22(6-4-19)31(37)38/h3-16,18,35H,17H2,1-2H3,(H,37,38). The van der Waals surface area contributed by atoms with E-state index >= 15 is 0 Å². The Morgan fingerprint density at radius 3 is 2.21 bits per heavy atom. The molecule has 5 aromatic rings. The van der Waals surface area contributed by atoms with Gasteiger partial charge in [0.25, 0.3) is 0 Å². The van der Waals surface area contributed by atoms with Crippen LogP contribution < -0.4 is 9.46 Å². The number of anilines is 1. The van der Waals surface area contributed by atoms with Crippen molar-refractivity contribution in [2.75, 3.05) is 18.1 Å². The third-order valence-electron chi connectivity index (χ3n) is 6.51. The summed E-state index contributed by atoms with van der Waals surface area (Å²) in [6.07, 6.45) is 2.99. The summed E-state index contributed by atoms with van der Waals surface area (Å²) in [5.41, 5.74) is 5.45. The Hall–Kier alpha value is -4.31. The lowest BCUT2D eigenvalue weighted by Crippen LogP contribution is -2.10. The second kappa shape index (κ2) is 11.9. The van der Waals surface area contributed by atoms with E-state index in [0.717, 1.165) is 34.1 Å². The van der Waals surface area contributed by atoms with E-state index in [2.05, 4.69) is 4.72 Å². The third-order valence-corrected chi connectivity index (χ3v) is 7.65. The van der Waals surface area contributed by atoms with Gasteiger partial charge >= 0.3 is 5.97 Å². The van der Waals surface area contributed by atoms with Gasteiger partial charge in [-0.1, -0.05) is 65.7 Å². The van der Waals surface area contributed by atoms with Crippen LogP contribution in [0.1, 0.15) is 15.9 Å². The van der Waals surface area contributed by atoms with Crippen LogP contribution in [0.15, 0.2) is 91.1 Å². The molecule has 2 N–H and O–H groups in total. The monoisotopic (exact) mass is 621 g/mol. The Balaban J connectivity index is 1.51. The molecule has 214 valence electrons. The first-order chi connectivity index (χ1) is 20.0. The van der Waals surface area contributed by atoms with Crippen molar-refractivity contribution in [3.05, 3.63) is 112 Å². The van der Waals surface area contributed by atoms with Gasteiger partial charge in [-0.15, -0.1) is 0 Å². The van der Waals surface area contributed by atoms with Gasteiger partial charge in [0, 0.05) is 28.9 Å². The number of nitrogens with zero attached hydrogens (tertiary/aromatic N) is 2. The SMILES string of the molecule is COc1cc(-c2ccc(-c3nc(-c4ccc(Cl)cc4Cl)cn3Cc3ccc(C(=O)O)cc3)cc2)ccc1NS(C)(=O)=O. The van der Waals surface area contributed by atoms with Crippen LogP contribution in [-0.2, 0) is 16.6 Å². The highest BCUT2D eigenvalue weighted by Crippen LogP contribution is 2.35. The summed E-state index contributed by atoms with van der Waals surface area (Å²) in [7, 11) is -1.98. The molecule has 8 nitrogen and oxygen atoms in total. The molecule has 0 spiro atoms. The molecular formula is C31H25Cl2N3O5S. The lowest BCUT2D eigenvalue weighted by atomic mass is 10.0. The zero-order chi connectivity index (χ0) is 30.0. The maximum Gasteiger partial charge on any atom is 0.335 e. The number of halogens is 2. The second-order valence-corrected chi connectivity index (χ2v) is 12.2. The van der Waals surface area contributed by atoms with Gasteiger partial charge in [-0.2, -0.15) is 0 Å². The summed E-state index contributed by atoms with van der Waals surface area (Å²) in [5, 5.41) is 10.3. The number of nitrogens with one attached hydrogen (secondary N) is 1. The number of imidazole rings is 1. The highest BCUT2D eigenvalue weighted by molar-refractivity contribution is 7.92. The van der Waals surface area contributed by atoms with Crippen molar-refractivity contribution in [2.24, 2.45) is 0 Å². The molecule has 5 rings (SSSR count). The van der Waals surface area contributed by atoms with Crippen molar-refractivity contribution < 1.29 is 23.1 Å². The lowest BCUT2D eigenvalue weighted by molar-refractivity contribution is 0.0697. The summed E-state index contributed by atoms with van der Waals surface area (Å²) in [6, 6.07) is 25.0. The molecule has 0 saturated heterocycles. The number of carbonyl (C=O) groups is 1. The van der Waals surface area contributed by atoms with Crippen LogP contribution in [0.4, 0.5) is 5.69 Å². The van der Waals surface area contributed by atoms with Crippen LogP contribution in [-0.4, -0.2) is 42.4 Å². The van der Waals surface area contributed by atoms with Crippen LogP contribution in [0.3, 0.4) is 0 Å². The molecule has 0 unspecified atom stereocenters. The number of aromatic nitrogens is 2. The quantitative estimate of drug-likeness (QED) is 0.178. The van der Waals surface area contributed by atoms with E-state index in [-0.39, 0.29) is 5.56 Å². The third kappa shape index (κ3) is 6.60. The number of carboxylic acid groups (broad SMARTS) is 1. The van der Waals surface area contributed by atoms with E-state index in [9.17, 15) is 18.3 Å². The van der Waals surface area contributed by atoms with Crippen molar-refractivity contribution in [1.82, 2.24) is 9.55 Å². The van der Waals surface area contributed by atoms with Crippen molar-refractivity contribution in [1.29, 1.82) is 0 Å². The first-order valence-electron chi connectivity index (χ1n) is 12.6. The van der Waals surface area contributed by atoms with Gasteiger partial charge in [0.2, 0.25) is 10.0 Å². The van der Waals surface area contributed by atoms with Crippen molar-refractivity contribution in [2.45, 2.75) is 6.54 Å². The Morgan fingerprint density at radius 2 is 1.60 bits per heavy atom. The lowest BCUT2D eigenvalue weighted by Gasteiger charge is -2.12. The molecule has 0 saturated carbocycles. The number of methoxy groups -OCH3 is 1. The maximum absolute atomic E-state index is 11.7. The number of rotatable bonds is 9. The Bertz CT molecular complexity index is 1890. The molecule has 0 aliphatic heterocycles. The molecule has 0 bridgehead atoms. The van der Waals surface area contributed by atoms with E-state index < -0.39 is 16.0 Å². The largest absolute Gasteiger partial charge is 0.495 e. The first-order valence-corrected chi connectivity index (χ1v) is 15.3. The molecule has 42 heavy (non-hydrogen) atoms. The number of sulfonamides is 1. The summed E-state index contributed by atoms with van der Waals surface area (Å²) in [5.74, 6) is 0.106. The number of ether oxygens (including phenoxy) is 1. The van der Waals surface area contributed by atoms with Crippen LogP contribution >= 0.6 is 23.2 Å². The maximum atomic E-state index is 11.7. The summed E-state index contributed by atoms with van der Waals surface area (Å²) >= 11 is 12.6. The van der Waals surface area contributed by atoms with E-state index in [1.54, 1.807) is 48.5 Å². The highest BCUT2D eigenvalue weighted by atomic mass is 35.5. The van der Waals surface area contributed by atoms with Gasteiger partial charge in [-0.05, 0) is 59.2 Å². The number of hydrogen-bond donors (Lipinski definition) is 2. The fourth-order valence-electron chi connectivity index (χ4n) is 4.51. The topological polar surface area (TPSA) is 111 Å². The number of aromatic carboxylic acids is 1. The summed E-state index contributed by atoms with van der Waals surface area (Å²) in [6.45, 7) is 0.446. The average molecular weight is 623 g/mol. The van der Waals surface area contributed by atoms with E-state index in [4.69, 9.17) is 32.9 Å². The van der Waals surface area contributed by atoms with E-state index in [0.29, 0.717) is 39.5 Å². The molecule has 0 aliphatic rings. The predicted octanol–water partition coefficient (Wildman–Crippen LogP) is 7.32. The molecule has 1 heterocycles. The average Bonchev–Trinajstić information content (AvgIpc) is 3.36. The van der Waals surface area contributed by atoms with E-state index in [1.807, 2.05) is 47.2 Å². The normalized spacial score (nSPS) is 11.3. The smallest absolute Gasteiger partial charge is 0.335 e. The Morgan fingerprint density at radius 1 is 0.929 bits per heavy atom. The molecule has 0 radical (unpaired) electrons. The molecule has 4 aromatic carbocycles. The minimum Gasteiger partial charge on any atom is -0.495 e. The molecule has 1 aromatic heterocycles. The van der Waals surface area contributed by atoms with Crippen LogP contribution in [0, 0.1) is 0 Å². The zero-order valence-electron chi connectivity index (χ0n) is 22.5. The van der Waals surface area contributed by atoms with Crippen molar-refractivity contribution in [3.63, 3.8) is 0 Å². The fraction of sp³-hybridized carbons (Fsp3) is 0.0968. The second-order valence-electron chi connectivity index (χ2n) is 9.57. The Kier molecular flexibility index (Phi) is 8.27. The molecular weight excluding hydrogens is 597 g/mol. The number of carboxylic acids is 1. The van der Waals surface area contributed by atoms with Gasteiger partial charge in [-0.3, -0.25) is 4.72 Å². The summed E-state index contributed by atoms with van der Waals surface area (Å²) < 4.78 is 33.2. The van der Waals surface area contributed by atoms with Crippen LogP contribution in [0.25, 0.3) is 33.8 Å². The molecule has 0 amide bonds.